The molecular weight excluding hydrogens is 344 g/mol. The van der Waals surface area contributed by atoms with Gasteiger partial charge in [-0.15, -0.1) is 0 Å². The summed E-state index contributed by atoms with van der Waals surface area (Å²) in [5.74, 6) is -0.364. The highest BCUT2D eigenvalue weighted by molar-refractivity contribution is 7.89. The molecule has 0 saturated heterocycles. The number of amides is 2. The van der Waals surface area contributed by atoms with Crippen LogP contribution in [0.5, 0.6) is 0 Å². The van der Waals surface area contributed by atoms with Crippen molar-refractivity contribution in [2.75, 3.05) is 39.5 Å². The number of nitrogens with one attached hydrogen (secondary N) is 3. The fourth-order valence-corrected chi connectivity index (χ4v) is 3.01. The minimum atomic E-state index is -3.49. The molecule has 1 aromatic rings. The first-order chi connectivity index (χ1) is 11.5. The van der Waals surface area contributed by atoms with E-state index in [1.807, 2.05) is 13.8 Å². The Kier molecular flexibility index (Phi) is 7.53. The summed E-state index contributed by atoms with van der Waals surface area (Å²) in [6.07, 6.45) is 0. The lowest BCUT2D eigenvalue weighted by atomic mass is 10.3. The van der Waals surface area contributed by atoms with E-state index in [1.54, 1.807) is 7.05 Å². The number of rotatable bonds is 8. The number of carbonyl (C=O) groups excluding carboxylic acids is 2. The molecular formula is C16H27N4O4S+. The smallest absolute Gasteiger partial charge is 0.279 e. The van der Waals surface area contributed by atoms with E-state index in [9.17, 15) is 18.0 Å². The molecule has 25 heavy (non-hydrogen) atoms. The van der Waals surface area contributed by atoms with E-state index in [0.29, 0.717) is 5.69 Å². The van der Waals surface area contributed by atoms with Crippen LogP contribution in [0.1, 0.15) is 13.8 Å². The fourth-order valence-electron chi connectivity index (χ4n) is 2.11. The van der Waals surface area contributed by atoms with Gasteiger partial charge in [0.15, 0.2) is 13.1 Å². The summed E-state index contributed by atoms with van der Waals surface area (Å²) in [4.78, 5) is 24.6. The zero-order chi connectivity index (χ0) is 19.2. The van der Waals surface area contributed by atoms with Gasteiger partial charge in [-0.1, -0.05) is 0 Å². The molecule has 0 aromatic heterocycles. The first-order valence-electron chi connectivity index (χ1n) is 7.95. The van der Waals surface area contributed by atoms with Gasteiger partial charge in [0, 0.05) is 25.8 Å². The Balaban J connectivity index is 2.59. The lowest BCUT2D eigenvalue weighted by molar-refractivity contribution is -0.862. The van der Waals surface area contributed by atoms with Crippen molar-refractivity contribution in [3.8, 4) is 0 Å². The number of hydrogen-bond donors (Lipinski definition) is 3. The number of sulfonamides is 1. The summed E-state index contributed by atoms with van der Waals surface area (Å²) in [5.41, 5.74) is 0.502. The monoisotopic (exact) mass is 371 g/mol. The molecule has 0 fully saturated rings. The van der Waals surface area contributed by atoms with Crippen molar-refractivity contribution in [2.24, 2.45) is 0 Å². The second kappa shape index (κ2) is 8.93. The van der Waals surface area contributed by atoms with E-state index < -0.39 is 10.0 Å². The summed E-state index contributed by atoms with van der Waals surface area (Å²) >= 11 is 0. The van der Waals surface area contributed by atoms with Gasteiger partial charge in [0.2, 0.25) is 10.0 Å². The van der Waals surface area contributed by atoms with Crippen LogP contribution in [0.4, 0.5) is 5.69 Å². The van der Waals surface area contributed by atoms with Crippen LogP contribution < -0.4 is 15.5 Å². The highest BCUT2D eigenvalue weighted by Gasteiger charge is 2.18. The fraction of sp³-hybridized carbons (Fsp3) is 0.500. The number of quaternary nitrogens is 1. The van der Waals surface area contributed by atoms with Gasteiger partial charge in [0.1, 0.15) is 0 Å². The average molecular weight is 371 g/mol. The van der Waals surface area contributed by atoms with E-state index in [4.69, 9.17) is 0 Å². The van der Waals surface area contributed by atoms with Gasteiger partial charge in [0.05, 0.1) is 11.9 Å². The third-order valence-corrected chi connectivity index (χ3v) is 5.12. The SMILES string of the molecule is CC(C)NC(=O)C[NH+](C)CC(=O)Nc1ccc(S(=O)(=O)N(C)C)cc1. The third kappa shape index (κ3) is 6.81. The van der Waals surface area contributed by atoms with Crippen molar-refractivity contribution in [1.82, 2.24) is 9.62 Å². The molecule has 2 amide bonds. The molecule has 0 aliphatic carbocycles. The second-order valence-electron chi connectivity index (χ2n) is 6.39. The van der Waals surface area contributed by atoms with Crippen LogP contribution in [0.25, 0.3) is 0 Å². The third-order valence-electron chi connectivity index (χ3n) is 3.29. The average Bonchev–Trinajstić information content (AvgIpc) is 2.46. The summed E-state index contributed by atoms with van der Waals surface area (Å²) in [5, 5.41) is 5.47. The van der Waals surface area contributed by atoms with Gasteiger partial charge >= 0.3 is 0 Å². The molecule has 1 atom stereocenters. The van der Waals surface area contributed by atoms with Gasteiger partial charge in [-0.05, 0) is 38.1 Å². The Bertz CT molecular complexity index is 699. The molecule has 9 heteroatoms. The maximum atomic E-state index is 12.0. The number of anilines is 1. The van der Waals surface area contributed by atoms with Crippen molar-refractivity contribution in [3.63, 3.8) is 0 Å². The van der Waals surface area contributed by atoms with Crippen LogP contribution in [0.3, 0.4) is 0 Å². The molecule has 140 valence electrons. The number of benzene rings is 1. The van der Waals surface area contributed by atoms with Crippen LogP contribution in [0, 0.1) is 0 Å². The number of nitrogens with zero attached hydrogens (tertiary/aromatic N) is 1. The Labute approximate surface area is 149 Å². The van der Waals surface area contributed by atoms with Crippen LogP contribution in [-0.4, -0.2) is 64.8 Å². The highest BCUT2D eigenvalue weighted by Crippen LogP contribution is 2.16. The molecule has 0 heterocycles. The summed E-state index contributed by atoms with van der Waals surface area (Å²) in [6.45, 7) is 4.08. The largest absolute Gasteiger partial charge is 0.349 e. The van der Waals surface area contributed by atoms with Crippen LogP contribution >= 0.6 is 0 Å². The van der Waals surface area contributed by atoms with Crippen LogP contribution in [0.2, 0.25) is 0 Å². The standard InChI is InChI=1S/C16H26N4O4S/c1-12(2)17-15(21)10-20(5)11-16(22)18-13-6-8-14(9-7-13)25(23,24)19(3)4/h6-9,12H,10-11H2,1-5H3,(H,17,21)(H,18,22)/p+1. The number of carbonyl (C=O) groups is 2. The molecule has 1 aromatic carbocycles. The predicted octanol–water partition coefficient (Wildman–Crippen LogP) is -1.09. The van der Waals surface area contributed by atoms with Gasteiger partial charge in [0.25, 0.3) is 11.8 Å². The Morgan fingerprint density at radius 2 is 1.60 bits per heavy atom. The van der Waals surface area contributed by atoms with Crippen molar-refractivity contribution in [2.45, 2.75) is 24.8 Å². The molecule has 0 radical (unpaired) electrons. The maximum Gasteiger partial charge on any atom is 0.279 e. The Morgan fingerprint density at radius 3 is 2.08 bits per heavy atom. The normalized spacial score (nSPS) is 12.9. The zero-order valence-corrected chi connectivity index (χ0v) is 16.1. The van der Waals surface area contributed by atoms with E-state index in [0.717, 1.165) is 9.21 Å². The lowest BCUT2D eigenvalue weighted by Crippen LogP contribution is -3.11. The Hall–Kier alpha value is -1.97. The molecule has 0 saturated carbocycles. The molecule has 0 spiro atoms. The van der Waals surface area contributed by atoms with Crippen LogP contribution in [-0.2, 0) is 19.6 Å². The van der Waals surface area contributed by atoms with Gasteiger partial charge < -0.3 is 15.5 Å². The number of likely N-dealkylation sites (N-methyl/N-ethyl adjacent to an activating group) is 1. The maximum absolute atomic E-state index is 12.0. The van der Waals surface area contributed by atoms with E-state index in [1.165, 1.54) is 38.4 Å². The van der Waals surface area contributed by atoms with Crippen molar-refractivity contribution in [1.29, 1.82) is 0 Å². The predicted molar refractivity (Wildman–Crippen MR) is 95.8 cm³/mol. The van der Waals surface area contributed by atoms with E-state index >= 15 is 0 Å². The minimum Gasteiger partial charge on any atom is -0.349 e. The second-order valence-corrected chi connectivity index (χ2v) is 8.54. The molecule has 1 rings (SSSR count). The van der Waals surface area contributed by atoms with Crippen LogP contribution in [0.15, 0.2) is 29.2 Å². The lowest BCUT2D eigenvalue weighted by Gasteiger charge is -2.15. The molecule has 0 bridgehead atoms. The summed E-state index contributed by atoms with van der Waals surface area (Å²) < 4.78 is 25.1. The molecule has 8 nitrogen and oxygen atoms in total. The van der Waals surface area contributed by atoms with Crippen molar-refractivity contribution in [3.05, 3.63) is 24.3 Å². The van der Waals surface area contributed by atoms with E-state index in [2.05, 4.69) is 10.6 Å². The van der Waals surface area contributed by atoms with Gasteiger partial charge in [-0.3, -0.25) is 9.59 Å². The Morgan fingerprint density at radius 1 is 1.08 bits per heavy atom. The van der Waals surface area contributed by atoms with Gasteiger partial charge in [-0.2, -0.15) is 0 Å². The summed E-state index contributed by atoms with van der Waals surface area (Å²) in [6, 6.07) is 6.02. The van der Waals surface area contributed by atoms with Crippen molar-refractivity contribution < 1.29 is 22.9 Å². The van der Waals surface area contributed by atoms with Crippen molar-refractivity contribution >= 4 is 27.5 Å². The first-order valence-corrected chi connectivity index (χ1v) is 9.39. The van der Waals surface area contributed by atoms with Gasteiger partial charge in [-0.25, -0.2) is 12.7 Å². The first kappa shape index (κ1) is 21.1. The molecule has 1 unspecified atom stereocenters. The molecule has 3 N–H and O–H groups in total. The number of hydrogen-bond acceptors (Lipinski definition) is 4. The van der Waals surface area contributed by atoms with E-state index in [-0.39, 0.29) is 35.8 Å². The topological polar surface area (TPSA) is 100 Å². The summed E-state index contributed by atoms with van der Waals surface area (Å²) in [7, 11) is 1.18. The highest BCUT2D eigenvalue weighted by atomic mass is 32.2. The quantitative estimate of drug-likeness (QED) is 0.541. The molecule has 0 aliphatic heterocycles. The zero-order valence-electron chi connectivity index (χ0n) is 15.3. The molecule has 0 aliphatic rings. The minimum absolute atomic E-state index is 0.0612.